The zero-order valence-corrected chi connectivity index (χ0v) is 14.7. The summed E-state index contributed by atoms with van der Waals surface area (Å²) in [6.07, 6.45) is 0. The summed E-state index contributed by atoms with van der Waals surface area (Å²) in [5, 5.41) is 1.13. The van der Waals surface area contributed by atoms with E-state index >= 15 is 0 Å². The number of morpholine rings is 1. The zero-order chi connectivity index (χ0) is 17.2. The molecule has 0 atom stereocenters. The lowest BCUT2D eigenvalue weighted by molar-refractivity contribution is 0.123. The van der Waals surface area contributed by atoms with Crippen LogP contribution in [0.1, 0.15) is 5.69 Å². The largest absolute Gasteiger partial charge is 0.497 e. The Labute approximate surface area is 148 Å². The highest BCUT2D eigenvalue weighted by Gasteiger charge is 2.21. The van der Waals surface area contributed by atoms with E-state index < -0.39 is 0 Å². The van der Waals surface area contributed by atoms with Crippen LogP contribution in [0.2, 0.25) is 0 Å². The molecular weight excluding hydrogens is 312 g/mol. The molecule has 0 unspecified atom stereocenters. The van der Waals surface area contributed by atoms with E-state index in [0.717, 1.165) is 48.6 Å². The number of anilines is 1. The van der Waals surface area contributed by atoms with Gasteiger partial charge in [0.1, 0.15) is 5.75 Å². The normalized spacial score (nSPS) is 14.7. The smallest absolute Gasteiger partial charge is 0.119 e. The molecule has 2 aromatic carbocycles. The van der Waals surface area contributed by atoms with Crippen LogP contribution in [0, 0.1) is 6.92 Å². The van der Waals surface area contributed by atoms with Gasteiger partial charge in [0, 0.05) is 29.7 Å². The Hall–Kier alpha value is -2.59. The highest BCUT2D eigenvalue weighted by molar-refractivity contribution is 6.01. The van der Waals surface area contributed by atoms with Crippen molar-refractivity contribution in [3.05, 3.63) is 54.2 Å². The fourth-order valence-electron chi connectivity index (χ4n) is 3.54. The molecule has 1 aliphatic heterocycles. The Morgan fingerprint density at radius 1 is 1.04 bits per heavy atom. The van der Waals surface area contributed by atoms with Crippen LogP contribution in [0.3, 0.4) is 0 Å². The number of ether oxygens (including phenoxy) is 2. The lowest BCUT2D eigenvalue weighted by Gasteiger charge is -2.32. The van der Waals surface area contributed by atoms with Crippen LogP contribution in [-0.2, 0) is 4.74 Å². The van der Waals surface area contributed by atoms with Crippen LogP contribution in [0.25, 0.3) is 22.0 Å². The minimum atomic E-state index is 0.751. The Kier molecular flexibility index (Phi) is 4.28. The van der Waals surface area contributed by atoms with E-state index in [1.54, 1.807) is 7.11 Å². The summed E-state index contributed by atoms with van der Waals surface area (Å²) in [6, 6.07) is 16.6. The van der Waals surface area contributed by atoms with Crippen LogP contribution in [0.15, 0.2) is 48.5 Å². The van der Waals surface area contributed by atoms with E-state index in [0.29, 0.717) is 0 Å². The quantitative estimate of drug-likeness (QED) is 0.723. The number of nitrogens with zero attached hydrogens (tertiary/aromatic N) is 2. The third-order valence-electron chi connectivity index (χ3n) is 4.74. The van der Waals surface area contributed by atoms with Crippen molar-refractivity contribution >= 4 is 16.6 Å². The number of aryl methyl sites for hydroxylation is 1. The summed E-state index contributed by atoms with van der Waals surface area (Å²) >= 11 is 0. The highest BCUT2D eigenvalue weighted by Crippen LogP contribution is 2.40. The molecule has 128 valence electrons. The van der Waals surface area contributed by atoms with Gasteiger partial charge in [-0.1, -0.05) is 30.3 Å². The Morgan fingerprint density at radius 2 is 1.80 bits per heavy atom. The fraction of sp³-hybridized carbons (Fsp3) is 0.286. The van der Waals surface area contributed by atoms with E-state index in [2.05, 4.69) is 42.2 Å². The molecule has 2 heterocycles. The Bertz CT molecular complexity index is 887. The van der Waals surface area contributed by atoms with E-state index in [4.69, 9.17) is 14.5 Å². The molecule has 3 aromatic rings. The minimum absolute atomic E-state index is 0.751. The van der Waals surface area contributed by atoms with Crippen molar-refractivity contribution in [2.75, 3.05) is 38.3 Å². The zero-order valence-electron chi connectivity index (χ0n) is 14.7. The number of aromatic nitrogens is 1. The van der Waals surface area contributed by atoms with Gasteiger partial charge in [-0.2, -0.15) is 0 Å². The van der Waals surface area contributed by atoms with Crippen molar-refractivity contribution in [2.24, 2.45) is 0 Å². The molecule has 4 heteroatoms. The number of hydrogen-bond donors (Lipinski definition) is 0. The molecule has 1 aromatic heterocycles. The van der Waals surface area contributed by atoms with Crippen LogP contribution in [-0.4, -0.2) is 38.4 Å². The molecule has 0 N–H and O–H groups in total. The standard InChI is InChI=1S/C21H22N2O2/c1-15-20(16-6-4-3-5-7-16)21(23-10-12-25-13-11-23)18-14-17(24-2)8-9-19(18)22-15/h3-9,14H,10-13H2,1-2H3. The predicted molar refractivity (Wildman–Crippen MR) is 102 cm³/mol. The monoisotopic (exact) mass is 334 g/mol. The minimum Gasteiger partial charge on any atom is -0.497 e. The van der Waals surface area contributed by atoms with Gasteiger partial charge in [-0.05, 0) is 30.7 Å². The summed E-state index contributed by atoms with van der Waals surface area (Å²) < 4.78 is 11.0. The van der Waals surface area contributed by atoms with E-state index in [-0.39, 0.29) is 0 Å². The van der Waals surface area contributed by atoms with Crippen LogP contribution in [0.5, 0.6) is 5.75 Å². The lowest BCUT2D eigenvalue weighted by Crippen LogP contribution is -2.36. The fourth-order valence-corrected chi connectivity index (χ4v) is 3.54. The summed E-state index contributed by atoms with van der Waals surface area (Å²) in [5.74, 6) is 0.853. The number of rotatable bonds is 3. The van der Waals surface area contributed by atoms with Crippen LogP contribution < -0.4 is 9.64 Å². The number of pyridine rings is 1. The molecule has 0 bridgehead atoms. The molecule has 0 spiro atoms. The Balaban J connectivity index is 2.03. The van der Waals surface area contributed by atoms with Crippen LogP contribution in [0.4, 0.5) is 5.69 Å². The second-order valence-electron chi connectivity index (χ2n) is 6.27. The molecule has 25 heavy (non-hydrogen) atoms. The van der Waals surface area contributed by atoms with Gasteiger partial charge in [-0.15, -0.1) is 0 Å². The molecule has 4 nitrogen and oxygen atoms in total. The van der Waals surface area contributed by atoms with Gasteiger partial charge in [0.05, 0.1) is 31.5 Å². The average molecular weight is 334 g/mol. The molecule has 0 radical (unpaired) electrons. The number of methoxy groups -OCH3 is 1. The second-order valence-corrected chi connectivity index (χ2v) is 6.27. The summed E-state index contributed by atoms with van der Waals surface area (Å²) in [4.78, 5) is 7.29. The van der Waals surface area contributed by atoms with Crippen molar-refractivity contribution in [3.63, 3.8) is 0 Å². The van der Waals surface area contributed by atoms with Crippen molar-refractivity contribution < 1.29 is 9.47 Å². The van der Waals surface area contributed by atoms with Gasteiger partial charge in [0.25, 0.3) is 0 Å². The summed E-state index contributed by atoms with van der Waals surface area (Å²) in [7, 11) is 1.70. The highest BCUT2D eigenvalue weighted by atomic mass is 16.5. The molecule has 0 aliphatic carbocycles. The summed E-state index contributed by atoms with van der Waals surface area (Å²) in [6.45, 7) is 5.36. The molecule has 1 fully saturated rings. The first kappa shape index (κ1) is 15.9. The predicted octanol–water partition coefficient (Wildman–Crippen LogP) is 4.06. The van der Waals surface area contributed by atoms with E-state index in [1.165, 1.54) is 16.8 Å². The van der Waals surface area contributed by atoms with Gasteiger partial charge in [-0.25, -0.2) is 0 Å². The van der Waals surface area contributed by atoms with Gasteiger partial charge in [0.2, 0.25) is 0 Å². The maximum atomic E-state index is 5.57. The van der Waals surface area contributed by atoms with E-state index in [1.807, 2.05) is 18.2 Å². The number of fused-ring (bicyclic) bond motifs is 1. The molecule has 1 saturated heterocycles. The van der Waals surface area contributed by atoms with Crippen molar-refractivity contribution in [1.29, 1.82) is 0 Å². The Morgan fingerprint density at radius 3 is 2.52 bits per heavy atom. The third-order valence-corrected chi connectivity index (χ3v) is 4.74. The second kappa shape index (κ2) is 6.73. The molecular formula is C21H22N2O2. The molecule has 0 saturated carbocycles. The first-order valence-electron chi connectivity index (χ1n) is 8.64. The molecule has 4 rings (SSSR count). The first-order chi connectivity index (χ1) is 12.3. The molecule has 1 aliphatic rings. The van der Waals surface area contributed by atoms with E-state index in [9.17, 15) is 0 Å². The number of benzene rings is 2. The average Bonchev–Trinajstić information content (AvgIpc) is 2.68. The topological polar surface area (TPSA) is 34.6 Å². The maximum absolute atomic E-state index is 5.57. The summed E-state index contributed by atoms with van der Waals surface area (Å²) in [5.41, 5.74) is 5.67. The van der Waals surface area contributed by atoms with Gasteiger partial charge < -0.3 is 14.4 Å². The van der Waals surface area contributed by atoms with Gasteiger partial charge in [-0.3, -0.25) is 4.98 Å². The third kappa shape index (κ3) is 2.94. The maximum Gasteiger partial charge on any atom is 0.119 e. The van der Waals surface area contributed by atoms with Crippen molar-refractivity contribution in [2.45, 2.75) is 6.92 Å². The lowest BCUT2D eigenvalue weighted by atomic mass is 9.97. The number of hydrogen-bond acceptors (Lipinski definition) is 4. The van der Waals surface area contributed by atoms with Crippen LogP contribution >= 0.6 is 0 Å². The molecule has 0 amide bonds. The first-order valence-corrected chi connectivity index (χ1v) is 8.64. The van der Waals surface area contributed by atoms with Gasteiger partial charge >= 0.3 is 0 Å². The SMILES string of the molecule is COc1ccc2nc(C)c(-c3ccccc3)c(N3CCOCC3)c2c1. The van der Waals surface area contributed by atoms with Crippen molar-refractivity contribution in [3.8, 4) is 16.9 Å². The van der Waals surface area contributed by atoms with Gasteiger partial charge in [0.15, 0.2) is 0 Å². The van der Waals surface area contributed by atoms with Crippen molar-refractivity contribution in [1.82, 2.24) is 4.98 Å².